The second kappa shape index (κ2) is 8.60. The third-order valence-corrected chi connectivity index (χ3v) is 3.82. The van der Waals surface area contributed by atoms with E-state index in [1.54, 1.807) is 10.9 Å². The Kier molecular flexibility index (Phi) is 5.98. The zero-order chi connectivity index (χ0) is 19.2. The molecule has 0 radical (unpaired) electrons. The molecule has 0 aromatic carbocycles. The van der Waals surface area contributed by atoms with E-state index < -0.39 is 0 Å². The highest BCUT2D eigenvalue weighted by Gasteiger charge is 2.16. The van der Waals surface area contributed by atoms with E-state index in [9.17, 15) is 4.79 Å². The molecule has 0 spiro atoms. The molecule has 0 unspecified atom stereocenters. The third-order valence-electron chi connectivity index (χ3n) is 3.82. The van der Waals surface area contributed by atoms with Gasteiger partial charge in [-0.15, -0.1) is 5.10 Å². The number of aromatic amines is 1. The molecule has 27 heavy (non-hydrogen) atoms. The van der Waals surface area contributed by atoms with Gasteiger partial charge in [0.1, 0.15) is 18.0 Å². The fraction of sp³-hybridized carbons (Fsp3) is 0.533. The number of ether oxygens (including phenoxy) is 2. The maximum atomic E-state index is 12.3. The summed E-state index contributed by atoms with van der Waals surface area (Å²) in [4.78, 5) is 23.4. The topological polar surface area (TPSA) is 159 Å². The van der Waals surface area contributed by atoms with Crippen molar-refractivity contribution in [1.82, 2.24) is 34.5 Å². The van der Waals surface area contributed by atoms with Crippen molar-refractivity contribution in [3.8, 4) is 6.01 Å². The van der Waals surface area contributed by atoms with Crippen molar-refractivity contribution < 1.29 is 14.6 Å². The van der Waals surface area contributed by atoms with Gasteiger partial charge in [0.25, 0.3) is 0 Å². The predicted molar refractivity (Wildman–Crippen MR) is 95.1 cm³/mol. The summed E-state index contributed by atoms with van der Waals surface area (Å²) >= 11 is 0. The van der Waals surface area contributed by atoms with Gasteiger partial charge in [0.15, 0.2) is 11.5 Å². The van der Waals surface area contributed by atoms with Crippen LogP contribution < -0.4 is 16.2 Å². The maximum Gasteiger partial charge on any atom is 0.328 e. The van der Waals surface area contributed by atoms with Crippen LogP contribution in [0.3, 0.4) is 0 Å². The normalized spacial score (nSPS) is 11.3. The van der Waals surface area contributed by atoms with Crippen LogP contribution in [0, 0.1) is 0 Å². The van der Waals surface area contributed by atoms with Crippen LogP contribution >= 0.6 is 0 Å². The van der Waals surface area contributed by atoms with Crippen molar-refractivity contribution in [3.63, 3.8) is 0 Å². The van der Waals surface area contributed by atoms with Gasteiger partial charge in [-0.05, 0) is 6.42 Å². The fourth-order valence-electron chi connectivity index (χ4n) is 2.45. The highest BCUT2D eigenvalue weighted by molar-refractivity contribution is 5.81. The summed E-state index contributed by atoms with van der Waals surface area (Å²) in [5.41, 5.74) is 6.81. The van der Waals surface area contributed by atoms with E-state index in [-0.39, 0.29) is 30.9 Å². The first-order valence-electron chi connectivity index (χ1n) is 8.58. The minimum absolute atomic E-state index is 0.131. The van der Waals surface area contributed by atoms with Crippen LogP contribution in [0.1, 0.15) is 25.5 Å². The highest BCUT2D eigenvalue weighted by atomic mass is 16.6. The molecule has 0 saturated carbocycles. The van der Waals surface area contributed by atoms with E-state index >= 15 is 0 Å². The Labute approximate surface area is 153 Å². The van der Waals surface area contributed by atoms with Crippen molar-refractivity contribution in [2.24, 2.45) is 0 Å². The number of rotatable bonds is 10. The molecule has 0 saturated heterocycles. The number of nitrogens with one attached hydrogen (secondary N) is 1. The molecule has 4 N–H and O–H groups in total. The summed E-state index contributed by atoms with van der Waals surface area (Å²) in [7, 11) is 0. The number of fused-ring (bicyclic) bond motifs is 1. The molecule has 12 heteroatoms. The quantitative estimate of drug-likeness (QED) is 0.312. The van der Waals surface area contributed by atoms with Crippen molar-refractivity contribution in [2.75, 3.05) is 25.7 Å². The average Bonchev–Trinajstić information content (AvgIpc) is 3.22. The molecule has 0 bridgehead atoms. The molecule has 0 aliphatic heterocycles. The first-order valence-corrected chi connectivity index (χ1v) is 8.58. The number of nitrogen functional groups attached to an aromatic ring is 1. The van der Waals surface area contributed by atoms with Gasteiger partial charge in [-0.3, -0.25) is 4.57 Å². The zero-order valence-corrected chi connectivity index (χ0v) is 15.0. The molecule has 3 aromatic heterocycles. The minimum atomic E-state index is -0.380. The number of nitrogens with two attached hydrogens (primary N) is 1. The first kappa shape index (κ1) is 18.8. The number of aliphatic hydroxyl groups is 1. The lowest BCUT2D eigenvalue weighted by Gasteiger charge is -2.05. The number of unbranched alkanes of at least 4 members (excludes halogenated alkanes) is 1. The smallest absolute Gasteiger partial charge is 0.328 e. The summed E-state index contributed by atoms with van der Waals surface area (Å²) in [5.74, 6) is 0.146. The van der Waals surface area contributed by atoms with Crippen molar-refractivity contribution in [1.29, 1.82) is 0 Å². The van der Waals surface area contributed by atoms with Gasteiger partial charge in [-0.2, -0.15) is 9.97 Å². The van der Waals surface area contributed by atoms with Crippen LogP contribution in [0.2, 0.25) is 0 Å². The molecule has 0 fully saturated rings. The third kappa shape index (κ3) is 4.41. The minimum Gasteiger partial charge on any atom is -0.463 e. The summed E-state index contributed by atoms with van der Waals surface area (Å²) in [6.07, 6.45) is 3.53. The van der Waals surface area contributed by atoms with Crippen LogP contribution in [-0.4, -0.2) is 59.6 Å². The Balaban J connectivity index is 1.83. The number of H-pyrrole nitrogens is 1. The monoisotopic (exact) mass is 378 g/mol. The Bertz CT molecular complexity index is 947. The van der Waals surface area contributed by atoms with E-state index in [0.717, 1.165) is 12.8 Å². The Morgan fingerprint density at radius 2 is 2.19 bits per heavy atom. The molecule has 146 valence electrons. The summed E-state index contributed by atoms with van der Waals surface area (Å²) < 4.78 is 13.3. The van der Waals surface area contributed by atoms with Gasteiger partial charge >= 0.3 is 11.7 Å². The molecular formula is C15H22N8O4. The molecule has 0 atom stereocenters. The molecule has 3 aromatic rings. The average molecular weight is 378 g/mol. The molecule has 3 rings (SSSR count). The van der Waals surface area contributed by atoms with Crippen molar-refractivity contribution in [2.45, 2.75) is 32.9 Å². The predicted octanol–water partition coefficient (Wildman–Crippen LogP) is -0.513. The van der Waals surface area contributed by atoms with E-state index in [4.69, 9.17) is 20.3 Å². The van der Waals surface area contributed by atoms with Gasteiger partial charge in [0.05, 0.1) is 32.5 Å². The lowest BCUT2D eigenvalue weighted by Crippen LogP contribution is -2.18. The Hall–Kier alpha value is -2.99. The highest BCUT2D eigenvalue weighted by Crippen LogP contribution is 2.18. The summed E-state index contributed by atoms with van der Waals surface area (Å²) in [6.45, 7) is 3.06. The van der Waals surface area contributed by atoms with Crippen LogP contribution in [0.4, 0.5) is 5.82 Å². The van der Waals surface area contributed by atoms with Gasteiger partial charge in [-0.1, -0.05) is 18.6 Å². The summed E-state index contributed by atoms with van der Waals surface area (Å²) in [5, 5.41) is 16.6. The fourth-order valence-corrected chi connectivity index (χ4v) is 2.45. The Morgan fingerprint density at radius 3 is 2.96 bits per heavy atom. The van der Waals surface area contributed by atoms with E-state index in [0.29, 0.717) is 36.6 Å². The molecule has 3 heterocycles. The standard InChI is InChI=1S/C15H22N8O4/c1-2-3-5-27-14-18-12(16)11-13(19-14)23(15(25)17-11)8-10-7-22(21-20-10)4-6-26-9-24/h7,24H,2-6,8-9H2,1H3,(H,17,25)(H2,16,18,19). The lowest BCUT2D eigenvalue weighted by molar-refractivity contribution is -0.00558. The van der Waals surface area contributed by atoms with Crippen LogP contribution in [0.15, 0.2) is 11.0 Å². The van der Waals surface area contributed by atoms with Crippen molar-refractivity contribution in [3.05, 3.63) is 22.4 Å². The number of aromatic nitrogens is 7. The largest absolute Gasteiger partial charge is 0.463 e. The second-order valence-corrected chi connectivity index (χ2v) is 5.82. The Morgan fingerprint density at radius 1 is 1.33 bits per heavy atom. The number of aliphatic hydroxyl groups excluding tert-OH is 1. The molecule has 0 amide bonds. The van der Waals surface area contributed by atoms with Gasteiger partial charge in [0, 0.05) is 0 Å². The maximum absolute atomic E-state index is 12.3. The van der Waals surface area contributed by atoms with Crippen LogP contribution in [0.25, 0.3) is 11.2 Å². The van der Waals surface area contributed by atoms with Crippen molar-refractivity contribution >= 4 is 17.0 Å². The number of imidazole rings is 1. The number of nitrogens with zero attached hydrogens (tertiary/aromatic N) is 6. The SMILES string of the molecule is CCCCOc1nc(N)c2[nH]c(=O)n(Cc3cn(CCOCO)nn3)c2n1. The number of hydrogen-bond donors (Lipinski definition) is 3. The van der Waals surface area contributed by atoms with E-state index in [1.165, 1.54) is 4.57 Å². The van der Waals surface area contributed by atoms with E-state index in [2.05, 4.69) is 32.2 Å². The molecule has 12 nitrogen and oxygen atoms in total. The van der Waals surface area contributed by atoms with Crippen LogP contribution in [0.5, 0.6) is 6.01 Å². The number of anilines is 1. The second-order valence-electron chi connectivity index (χ2n) is 5.82. The molecule has 0 aliphatic rings. The van der Waals surface area contributed by atoms with E-state index in [1.807, 2.05) is 0 Å². The van der Waals surface area contributed by atoms with Crippen LogP contribution in [-0.2, 0) is 17.8 Å². The zero-order valence-electron chi connectivity index (χ0n) is 15.0. The molecule has 0 aliphatic carbocycles. The lowest BCUT2D eigenvalue weighted by atomic mass is 10.4. The molecular weight excluding hydrogens is 356 g/mol. The van der Waals surface area contributed by atoms with Gasteiger partial charge in [-0.25, -0.2) is 9.48 Å². The van der Waals surface area contributed by atoms with Gasteiger partial charge in [0.2, 0.25) is 0 Å². The number of hydrogen-bond acceptors (Lipinski definition) is 9. The van der Waals surface area contributed by atoms with Gasteiger partial charge < -0.3 is 25.3 Å². The summed E-state index contributed by atoms with van der Waals surface area (Å²) in [6, 6.07) is 0.131. The first-order chi connectivity index (χ1) is 13.1.